The molecule has 0 aliphatic rings. The first kappa shape index (κ1) is 15.4. The largest absolute Gasteiger partial charge is 0.361 e. The van der Waals surface area contributed by atoms with Crippen LogP contribution in [0.15, 0.2) is 8.73 Å². The van der Waals surface area contributed by atoms with Crippen LogP contribution >= 0.6 is 22.9 Å². The Kier molecular flexibility index (Phi) is 4.19. The van der Waals surface area contributed by atoms with Crippen LogP contribution in [0.4, 0.5) is 0 Å². The molecule has 0 aliphatic carbocycles. The summed E-state index contributed by atoms with van der Waals surface area (Å²) >= 11 is 6.68. The highest BCUT2D eigenvalue weighted by molar-refractivity contribution is 7.91. The molecule has 0 fully saturated rings. The minimum atomic E-state index is -3.68. The Hall–Kier alpha value is -0.960. The van der Waals surface area contributed by atoms with Gasteiger partial charge < -0.3 is 4.52 Å². The molecule has 0 aliphatic heterocycles. The molecule has 2 aromatic rings. The number of thiazole rings is 1. The van der Waals surface area contributed by atoms with E-state index in [9.17, 15) is 8.42 Å². The van der Waals surface area contributed by atoms with Gasteiger partial charge in [0.05, 0.1) is 11.4 Å². The topological polar surface area (TPSA) is 85.1 Å². The number of aromatic nitrogens is 2. The van der Waals surface area contributed by atoms with E-state index in [4.69, 9.17) is 16.1 Å². The fraction of sp³-hybridized carbons (Fsp3) is 0.455. The Labute approximate surface area is 126 Å². The summed E-state index contributed by atoms with van der Waals surface area (Å²) in [6.07, 6.45) is 0. The van der Waals surface area contributed by atoms with Crippen molar-refractivity contribution in [2.75, 3.05) is 0 Å². The van der Waals surface area contributed by atoms with Crippen LogP contribution in [0.2, 0.25) is 4.47 Å². The van der Waals surface area contributed by atoms with Crippen LogP contribution < -0.4 is 4.72 Å². The lowest BCUT2D eigenvalue weighted by Gasteiger charge is -2.13. The third-order valence-electron chi connectivity index (χ3n) is 2.83. The number of aryl methyl sites for hydroxylation is 3. The van der Waals surface area contributed by atoms with E-state index in [1.807, 2.05) is 0 Å². The van der Waals surface area contributed by atoms with Crippen molar-refractivity contribution in [3.63, 3.8) is 0 Å². The van der Waals surface area contributed by atoms with Crippen molar-refractivity contribution in [3.8, 4) is 0 Å². The Balaban J connectivity index is 2.32. The Morgan fingerprint density at radius 3 is 2.40 bits per heavy atom. The number of nitrogens with zero attached hydrogens (tertiary/aromatic N) is 2. The highest BCUT2D eigenvalue weighted by Gasteiger charge is 2.26. The van der Waals surface area contributed by atoms with Gasteiger partial charge in [-0.05, 0) is 27.7 Å². The molecule has 2 aromatic heterocycles. The van der Waals surface area contributed by atoms with Gasteiger partial charge in [-0.1, -0.05) is 28.1 Å². The summed E-state index contributed by atoms with van der Waals surface area (Å²) in [7, 11) is -3.68. The molecule has 1 atom stereocenters. The van der Waals surface area contributed by atoms with Gasteiger partial charge in [0.15, 0.2) is 8.68 Å². The van der Waals surface area contributed by atoms with Gasteiger partial charge in [0.1, 0.15) is 5.76 Å². The van der Waals surface area contributed by atoms with Crippen LogP contribution in [0.3, 0.4) is 0 Å². The SMILES string of the molecule is Cc1nc(Cl)sc1S(=O)(=O)NC(C)c1c(C)noc1C. The fourth-order valence-electron chi connectivity index (χ4n) is 2.05. The maximum atomic E-state index is 12.3. The maximum absolute atomic E-state index is 12.3. The predicted molar refractivity (Wildman–Crippen MR) is 76.6 cm³/mol. The molecule has 0 aromatic carbocycles. The van der Waals surface area contributed by atoms with Crippen molar-refractivity contribution in [1.29, 1.82) is 0 Å². The summed E-state index contributed by atoms with van der Waals surface area (Å²) in [6, 6.07) is -0.452. The molecule has 0 spiro atoms. The van der Waals surface area contributed by atoms with Gasteiger partial charge in [0.2, 0.25) is 0 Å². The summed E-state index contributed by atoms with van der Waals surface area (Å²) < 4.78 is 32.7. The molecule has 1 N–H and O–H groups in total. The second-order valence-corrected chi connectivity index (χ2v) is 7.91. The molecule has 0 amide bonds. The number of rotatable bonds is 4. The van der Waals surface area contributed by atoms with Crippen molar-refractivity contribution in [2.45, 2.75) is 37.9 Å². The minimum Gasteiger partial charge on any atom is -0.361 e. The molecular weight excluding hydrogens is 322 g/mol. The number of nitrogens with one attached hydrogen (secondary N) is 1. The number of sulfonamides is 1. The summed E-state index contributed by atoms with van der Waals surface area (Å²) in [5.74, 6) is 0.594. The minimum absolute atomic E-state index is 0.126. The molecule has 9 heteroatoms. The standard InChI is InChI=1S/C11H14ClN3O3S2/c1-5-9(8(4)18-14-5)6(2)15-20(16,17)10-7(3)13-11(12)19-10/h6,15H,1-4H3. The van der Waals surface area contributed by atoms with Gasteiger partial charge in [-0.3, -0.25) is 0 Å². The van der Waals surface area contributed by atoms with Crippen molar-refractivity contribution >= 4 is 33.0 Å². The Bertz CT molecular complexity index is 717. The first-order chi connectivity index (χ1) is 9.22. The lowest BCUT2D eigenvalue weighted by molar-refractivity contribution is 0.391. The monoisotopic (exact) mass is 335 g/mol. The Morgan fingerprint density at radius 1 is 1.30 bits per heavy atom. The van der Waals surface area contributed by atoms with E-state index >= 15 is 0 Å². The van der Waals surface area contributed by atoms with Crippen LogP contribution in [0.5, 0.6) is 0 Å². The van der Waals surface area contributed by atoms with Gasteiger partial charge in [0, 0.05) is 11.6 Å². The third kappa shape index (κ3) is 2.88. The second-order valence-electron chi connectivity index (χ2n) is 4.42. The smallest absolute Gasteiger partial charge is 0.252 e. The first-order valence-electron chi connectivity index (χ1n) is 5.80. The second kappa shape index (κ2) is 5.44. The van der Waals surface area contributed by atoms with Gasteiger partial charge in [-0.25, -0.2) is 18.1 Å². The molecule has 0 saturated carbocycles. The average molecular weight is 336 g/mol. The van der Waals surface area contributed by atoms with E-state index in [2.05, 4.69) is 14.9 Å². The highest BCUT2D eigenvalue weighted by Crippen LogP contribution is 2.29. The van der Waals surface area contributed by atoms with E-state index in [0.717, 1.165) is 16.9 Å². The lowest BCUT2D eigenvalue weighted by atomic mass is 10.1. The summed E-state index contributed by atoms with van der Waals surface area (Å²) in [5, 5.41) is 3.82. The van der Waals surface area contributed by atoms with Crippen LogP contribution in [0, 0.1) is 20.8 Å². The fourth-order valence-corrected chi connectivity index (χ4v) is 5.02. The molecule has 6 nitrogen and oxygen atoms in total. The quantitative estimate of drug-likeness (QED) is 0.928. The average Bonchev–Trinajstić information content (AvgIpc) is 2.81. The van der Waals surface area contributed by atoms with E-state index in [1.54, 1.807) is 27.7 Å². The van der Waals surface area contributed by atoms with Crippen LogP contribution in [-0.2, 0) is 10.0 Å². The van der Waals surface area contributed by atoms with Crippen molar-refractivity contribution < 1.29 is 12.9 Å². The van der Waals surface area contributed by atoms with Crippen LogP contribution in [0.1, 0.15) is 35.7 Å². The molecule has 20 heavy (non-hydrogen) atoms. The third-order valence-corrected chi connectivity index (χ3v) is 6.24. The zero-order chi connectivity index (χ0) is 15.1. The van der Waals surface area contributed by atoms with E-state index < -0.39 is 16.1 Å². The molecule has 0 bridgehead atoms. The number of hydrogen-bond acceptors (Lipinski definition) is 6. The van der Waals surface area contributed by atoms with Gasteiger partial charge in [0.25, 0.3) is 10.0 Å². The molecular formula is C11H14ClN3O3S2. The van der Waals surface area contributed by atoms with Crippen molar-refractivity contribution in [2.24, 2.45) is 0 Å². The molecule has 0 saturated heterocycles. The van der Waals surface area contributed by atoms with E-state index in [0.29, 0.717) is 17.1 Å². The summed E-state index contributed by atoms with van der Waals surface area (Å²) in [6.45, 7) is 6.86. The lowest BCUT2D eigenvalue weighted by Crippen LogP contribution is -2.27. The van der Waals surface area contributed by atoms with Crippen LogP contribution in [0.25, 0.3) is 0 Å². The van der Waals surface area contributed by atoms with E-state index in [-0.39, 0.29) is 8.68 Å². The molecule has 2 rings (SSSR count). The molecule has 2 heterocycles. The highest BCUT2D eigenvalue weighted by atomic mass is 35.5. The maximum Gasteiger partial charge on any atom is 0.252 e. The number of hydrogen-bond donors (Lipinski definition) is 1. The van der Waals surface area contributed by atoms with Crippen molar-refractivity contribution in [3.05, 3.63) is 27.2 Å². The van der Waals surface area contributed by atoms with Crippen LogP contribution in [-0.4, -0.2) is 18.6 Å². The summed E-state index contributed by atoms with van der Waals surface area (Å²) in [4.78, 5) is 3.92. The van der Waals surface area contributed by atoms with Gasteiger partial charge in [-0.15, -0.1) is 0 Å². The molecule has 1 unspecified atom stereocenters. The first-order valence-corrected chi connectivity index (χ1v) is 8.48. The van der Waals surface area contributed by atoms with E-state index in [1.165, 1.54) is 0 Å². The molecule has 110 valence electrons. The van der Waals surface area contributed by atoms with Gasteiger partial charge in [-0.2, -0.15) is 0 Å². The molecule has 0 radical (unpaired) electrons. The Morgan fingerprint density at radius 2 is 1.95 bits per heavy atom. The zero-order valence-corrected chi connectivity index (χ0v) is 13.8. The predicted octanol–water partition coefficient (Wildman–Crippen LogP) is 2.75. The van der Waals surface area contributed by atoms with Gasteiger partial charge >= 0.3 is 0 Å². The summed E-state index contributed by atoms with van der Waals surface area (Å²) in [5.41, 5.74) is 1.79. The van der Waals surface area contributed by atoms with Crippen molar-refractivity contribution in [1.82, 2.24) is 14.9 Å². The zero-order valence-electron chi connectivity index (χ0n) is 11.4. The normalized spacial score (nSPS) is 13.7. The number of halogens is 1.